The molecule has 0 unspecified atom stereocenters. The average Bonchev–Trinajstić information content (AvgIpc) is 2.79. The number of carbonyl (C=O) groups is 2. The van der Waals surface area contributed by atoms with E-state index in [0.717, 1.165) is 19.7 Å². The van der Waals surface area contributed by atoms with E-state index in [9.17, 15) is 18.0 Å². The number of aryl methyl sites for hydroxylation is 2. The van der Waals surface area contributed by atoms with E-state index in [-0.39, 0.29) is 12.5 Å². The molecule has 0 heterocycles. The van der Waals surface area contributed by atoms with E-state index in [2.05, 4.69) is 5.32 Å². The Kier molecular flexibility index (Phi) is 9.49. The molecule has 10 heteroatoms. The molecule has 8 nitrogen and oxygen atoms in total. The number of hydrogen-bond acceptors (Lipinski definition) is 4. The van der Waals surface area contributed by atoms with Crippen molar-refractivity contribution in [1.82, 2.24) is 14.5 Å². The van der Waals surface area contributed by atoms with Gasteiger partial charge >= 0.3 is 10.2 Å². The number of carbonyl (C=O) groups excluding carboxylic acids is 2. The molecule has 1 N–H and O–H groups in total. The SMILES string of the molecule is CC[C@@H](C(=O)NC)N(Cc1ccc(Cl)cc1)C(=O)CN(c1cc(C)ccc1C)S(=O)(=O)N(C)C. The maximum absolute atomic E-state index is 13.7. The molecule has 1 atom stereocenters. The summed E-state index contributed by atoms with van der Waals surface area (Å²) < 4.78 is 28.7. The standard InChI is InChI=1S/C24H33ClN4O4S/c1-7-21(24(31)26-4)28(15-19-10-12-20(25)13-11-19)23(30)16-29(34(32,33)27(5)6)22-14-17(2)8-9-18(22)3/h8-14,21H,7,15-16H2,1-6H3,(H,26,31)/t21-/m0/s1. The Morgan fingerprint density at radius 1 is 1.06 bits per heavy atom. The van der Waals surface area contributed by atoms with Gasteiger partial charge in [-0.2, -0.15) is 12.7 Å². The summed E-state index contributed by atoms with van der Waals surface area (Å²) in [7, 11) is 0.352. The first kappa shape index (κ1) is 27.6. The normalized spacial score (nSPS) is 12.4. The van der Waals surface area contributed by atoms with Gasteiger partial charge in [0.2, 0.25) is 11.8 Å². The molecule has 0 spiro atoms. The lowest BCUT2D eigenvalue weighted by atomic mass is 10.1. The first-order chi connectivity index (χ1) is 15.9. The molecule has 34 heavy (non-hydrogen) atoms. The van der Waals surface area contributed by atoms with Crippen LogP contribution in [0.1, 0.15) is 30.0 Å². The Labute approximate surface area is 207 Å². The van der Waals surface area contributed by atoms with Gasteiger partial charge in [0, 0.05) is 32.7 Å². The highest BCUT2D eigenvalue weighted by Gasteiger charge is 2.34. The average molecular weight is 509 g/mol. The Morgan fingerprint density at radius 3 is 2.21 bits per heavy atom. The molecule has 0 fully saturated rings. The zero-order valence-corrected chi connectivity index (χ0v) is 22.1. The van der Waals surface area contributed by atoms with E-state index >= 15 is 0 Å². The highest BCUT2D eigenvalue weighted by atomic mass is 35.5. The molecule has 0 bridgehead atoms. The quantitative estimate of drug-likeness (QED) is 0.534. The van der Waals surface area contributed by atoms with Gasteiger partial charge in [-0.05, 0) is 55.2 Å². The summed E-state index contributed by atoms with van der Waals surface area (Å²) in [6, 6.07) is 11.6. The van der Waals surface area contributed by atoms with Crippen molar-refractivity contribution >= 4 is 39.3 Å². The van der Waals surface area contributed by atoms with Crippen LogP contribution in [-0.4, -0.2) is 63.2 Å². The Bertz CT molecular complexity index is 1120. The fraction of sp³-hybridized carbons (Fsp3) is 0.417. The van der Waals surface area contributed by atoms with Gasteiger partial charge in [-0.15, -0.1) is 0 Å². The molecule has 2 aromatic carbocycles. The molecular weight excluding hydrogens is 476 g/mol. The molecule has 0 aliphatic carbocycles. The fourth-order valence-electron chi connectivity index (χ4n) is 3.56. The van der Waals surface area contributed by atoms with Crippen LogP contribution in [0.2, 0.25) is 5.02 Å². The van der Waals surface area contributed by atoms with Gasteiger partial charge in [0.05, 0.1) is 5.69 Å². The molecule has 0 aromatic heterocycles. The summed E-state index contributed by atoms with van der Waals surface area (Å²) in [4.78, 5) is 27.7. The van der Waals surface area contributed by atoms with Crippen molar-refractivity contribution in [2.24, 2.45) is 0 Å². The van der Waals surface area contributed by atoms with Gasteiger partial charge in [0.25, 0.3) is 0 Å². The summed E-state index contributed by atoms with van der Waals surface area (Å²) >= 11 is 5.99. The monoisotopic (exact) mass is 508 g/mol. The molecule has 0 saturated carbocycles. The third-order valence-corrected chi connectivity index (χ3v) is 7.61. The number of likely N-dealkylation sites (N-methyl/N-ethyl adjacent to an activating group) is 1. The van der Waals surface area contributed by atoms with Crippen molar-refractivity contribution in [3.63, 3.8) is 0 Å². The number of halogens is 1. The molecule has 0 aliphatic heterocycles. The zero-order chi connectivity index (χ0) is 25.6. The van der Waals surface area contributed by atoms with Crippen LogP contribution in [0.3, 0.4) is 0 Å². The third kappa shape index (κ3) is 6.49. The van der Waals surface area contributed by atoms with Crippen LogP contribution in [0.4, 0.5) is 5.69 Å². The van der Waals surface area contributed by atoms with Crippen molar-refractivity contribution in [1.29, 1.82) is 0 Å². The van der Waals surface area contributed by atoms with Gasteiger partial charge < -0.3 is 10.2 Å². The van der Waals surface area contributed by atoms with Gasteiger partial charge in [0.1, 0.15) is 12.6 Å². The molecule has 0 aliphatic rings. The van der Waals surface area contributed by atoms with Crippen molar-refractivity contribution in [2.75, 3.05) is 32.0 Å². The van der Waals surface area contributed by atoms with Crippen molar-refractivity contribution in [2.45, 2.75) is 39.8 Å². The molecule has 2 rings (SSSR count). The zero-order valence-electron chi connectivity index (χ0n) is 20.5. The van der Waals surface area contributed by atoms with Crippen LogP contribution in [-0.2, 0) is 26.3 Å². The predicted octanol–water partition coefficient (Wildman–Crippen LogP) is 3.12. The van der Waals surface area contributed by atoms with E-state index in [1.807, 2.05) is 19.1 Å². The second-order valence-corrected chi connectivity index (χ2v) is 10.8. The summed E-state index contributed by atoms with van der Waals surface area (Å²) in [6.07, 6.45) is 0.364. The number of benzene rings is 2. The second-order valence-electron chi connectivity index (χ2n) is 8.27. The third-order valence-electron chi connectivity index (χ3n) is 5.55. The van der Waals surface area contributed by atoms with E-state index in [1.54, 1.807) is 44.2 Å². The maximum Gasteiger partial charge on any atom is 0.304 e. The summed E-state index contributed by atoms with van der Waals surface area (Å²) in [5.41, 5.74) is 2.77. The maximum atomic E-state index is 13.7. The van der Waals surface area contributed by atoms with Crippen molar-refractivity contribution in [3.8, 4) is 0 Å². The van der Waals surface area contributed by atoms with Crippen LogP contribution in [0, 0.1) is 13.8 Å². The molecule has 0 saturated heterocycles. The molecule has 2 aromatic rings. The minimum atomic E-state index is -4.00. The minimum Gasteiger partial charge on any atom is -0.357 e. The molecule has 0 radical (unpaired) electrons. The van der Waals surface area contributed by atoms with Crippen LogP contribution < -0.4 is 9.62 Å². The van der Waals surface area contributed by atoms with Crippen molar-refractivity contribution < 1.29 is 18.0 Å². The summed E-state index contributed by atoms with van der Waals surface area (Å²) in [5.74, 6) is -0.810. The van der Waals surface area contributed by atoms with E-state index in [1.165, 1.54) is 26.0 Å². The number of nitrogens with one attached hydrogen (secondary N) is 1. The van der Waals surface area contributed by atoms with E-state index < -0.39 is 28.7 Å². The summed E-state index contributed by atoms with van der Waals surface area (Å²) in [5, 5.41) is 3.16. The molecular formula is C24H33ClN4O4S. The fourth-order valence-corrected chi connectivity index (χ4v) is 4.80. The second kappa shape index (κ2) is 11.7. The smallest absolute Gasteiger partial charge is 0.304 e. The first-order valence-corrected chi connectivity index (χ1v) is 12.7. The molecule has 186 valence electrons. The lowest BCUT2D eigenvalue weighted by molar-refractivity contribution is -0.140. The van der Waals surface area contributed by atoms with E-state index in [0.29, 0.717) is 22.7 Å². The highest BCUT2D eigenvalue weighted by Crippen LogP contribution is 2.26. The Morgan fingerprint density at radius 2 is 1.68 bits per heavy atom. The number of hydrogen-bond donors (Lipinski definition) is 1. The van der Waals surface area contributed by atoms with Crippen molar-refractivity contribution in [3.05, 3.63) is 64.2 Å². The number of amides is 2. The van der Waals surface area contributed by atoms with Gasteiger partial charge in [-0.25, -0.2) is 4.31 Å². The number of rotatable bonds is 10. The van der Waals surface area contributed by atoms with Gasteiger partial charge in [-0.3, -0.25) is 9.59 Å². The predicted molar refractivity (Wildman–Crippen MR) is 136 cm³/mol. The van der Waals surface area contributed by atoms with Crippen LogP contribution in [0.25, 0.3) is 0 Å². The van der Waals surface area contributed by atoms with Gasteiger partial charge in [0.15, 0.2) is 0 Å². The first-order valence-electron chi connectivity index (χ1n) is 10.9. The van der Waals surface area contributed by atoms with Crippen LogP contribution >= 0.6 is 11.6 Å². The van der Waals surface area contributed by atoms with Crippen LogP contribution in [0.15, 0.2) is 42.5 Å². The lowest BCUT2D eigenvalue weighted by Gasteiger charge is -2.34. The number of anilines is 1. The summed E-state index contributed by atoms with van der Waals surface area (Å²) in [6.45, 7) is 5.14. The largest absolute Gasteiger partial charge is 0.357 e. The number of nitrogens with zero attached hydrogens (tertiary/aromatic N) is 3. The topological polar surface area (TPSA) is 90.0 Å². The molecule has 2 amide bonds. The van der Waals surface area contributed by atoms with Crippen LogP contribution in [0.5, 0.6) is 0 Å². The Balaban J connectivity index is 2.54. The van der Waals surface area contributed by atoms with E-state index in [4.69, 9.17) is 11.6 Å². The highest BCUT2D eigenvalue weighted by molar-refractivity contribution is 7.90. The lowest BCUT2D eigenvalue weighted by Crippen LogP contribution is -2.53. The Hall–Kier alpha value is -2.62. The minimum absolute atomic E-state index is 0.130. The van der Waals surface area contributed by atoms with Gasteiger partial charge in [-0.1, -0.05) is 42.8 Å².